The quantitative estimate of drug-likeness (QED) is 0.628. The maximum absolute atomic E-state index is 5.61. The van der Waals surface area contributed by atoms with E-state index in [2.05, 4.69) is 24.8 Å². The Morgan fingerprint density at radius 2 is 2.00 bits per heavy atom. The average molecular weight is 208 g/mol. The van der Waals surface area contributed by atoms with E-state index in [0.717, 1.165) is 23.3 Å². The number of hydrogen-bond donors (Lipinski definition) is 0. The molecule has 3 rings (SSSR count). The van der Waals surface area contributed by atoms with E-state index in [9.17, 15) is 0 Å². The first-order valence-electron chi connectivity index (χ1n) is 5.38. The van der Waals surface area contributed by atoms with Crippen molar-refractivity contribution in [3.8, 4) is 0 Å². The predicted octanol–water partition coefficient (Wildman–Crippen LogP) is 3.91. The van der Waals surface area contributed by atoms with Crippen LogP contribution in [0.4, 0.5) is 0 Å². The largest absolute Gasteiger partial charge is 0.464 e. The number of hydrogen-bond acceptors (Lipinski definition) is 1. The lowest BCUT2D eigenvalue weighted by Gasteiger charge is -2.17. The van der Waals surface area contributed by atoms with Gasteiger partial charge in [0.05, 0.1) is 6.26 Å². The summed E-state index contributed by atoms with van der Waals surface area (Å²) in [5.41, 5.74) is 4.65. The molecule has 0 aromatic heterocycles. The van der Waals surface area contributed by atoms with Gasteiger partial charge >= 0.3 is 0 Å². The van der Waals surface area contributed by atoms with Crippen LogP contribution in [0, 0.1) is 0 Å². The minimum Gasteiger partial charge on any atom is -0.464 e. The van der Waals surface area contributed by atoms with Crippen molar-refractivity contribution in [2.24, 2.45) is 0 Å². The van der Waals surface area contributed by atoms with Crippen molar-refractivity contribution in [2.45, 2.75) is 6.42 Å². The molecule has 16 heavy (non-hydrogen) atoms. The third-order valence-electron chi connectivity index (χ3n) is 2.91. The van der Waals surface area contributed by atoms with Gasteiger partial charge in [-0.05, 0) is 35.3 Å². The monoisotopic (exact) mass is 208 g/mol. The Morgan fingerprint density at radius 3 is 2.94 bits per heavy atom. The Balaban J connectivity index is 2.29. The van der Waals surface area contributed by atoms with Crippen molar-refractivity contribution in [3.63, 3.8) is 0 Å². The topological polar surface area (TPSA) is 9.23 Å². The van der Waals surface area contributed by atoms with Crippen molar-refractivity contribution < 1.29 is 4.74 Å². The Morgan fingerprint density at radius 1 is 1.12 bits per heavy atom. The molecule has 1 aliphatic heterocycles. The van der Waals surface area contributed by atoms with Crippen LogP contribution >= 0.6 is 0 Å². The van der Waals surface area contributed by atoms with E-state index in [1.54, 1.807) is 6.26 Å². The molecule has 0 saturated heterocycles. The minimum absolute atomic E-state index is 0.899. The minimum atomic E-state index is 0.899. The first kappa shape index (κ1) is 9.22. The molecule has 0 N–H and O–H groups in total. The summed E-state index contributed by atoms with van der Waals surface area (Å²) in [6.45, 7) is 4.12. The summed E-state index contributed by atoms with van der Waals surface area (Å²) in [5, 5.41) is 0. The first-order valence-corrected chi connectivity index (χ1v) is 5.38. The van der Waals surface area contributed by atoms with Gasteiger partial charge < -0.3 is 4.74 Å². The van der Waals surface area contributed by atoms with Crippen molar-refractivity contribution in [3.05, 3.63) is 71.7 Å². The molecule has 0 unspecified atom stereocenters. The van der Waals surface area contributed by atoms with E-state index in [1.165, 1.54) is 11.1 Å². The van der Waals surface area contributed by atoms with Gasteiger partial charge in [0, 0.05) is 5.57 Å². The standard InChI is InChI=1S/C15H12O/c1-11-5-4-8-14-15(11)13-7-3-2-6-12(13)9-10-16-14/h2-4,6-10H,1,5H2. The highest BCUT2D eigenvalue weighted by atomic mass is 16.5. The van der Waals surface area contributed by atoms with E-state index in [-0.39, 0.29) is 0 Å². The van der Waals surface area contributed by atoms with Gasteiger partial charge in [-0.2, -0.15) is 0 Å². The molecule has 0 atom stereocenters. The molecule has 0 amide bonds. The molecule has 1 nitrogen and oxygen atoms in total. The van der Waals surface area contributed by atoms with Crippen LogP contribution in [0.15, 0.2) is 60.6 Å². The summed E-state index contributed by atoms with van der Waals surface area (Å²) in [4.78, 5) is 0. The molecule has 1 aliphatic carbocycles. The molecule has 1 aromatic rings. The Labute approximate surface area is 95.1 Å². The average Bonchev–Trinajstić information content (AvgIpc) is 2.49. The summed E-state index contributed by atoms with van der Waals surface area (Å²) in [7, 11) is 0. The van der Waals surface area contributed by atoms with E-state index in [1.807, 2.05) is 24.3 Å². The van der Waals surface area contributed by atoms with Crippen LogP contribution in [0.1, 0.15) is 17.5 Å². The van der Waals surface area contributed by atoms with Gasteiger partial charge in [-0.15, -0.1) is 0 Å². The Hall–Kier alpha value is -2.02. The third kappa shape index (κ3) is 1.33. The van der Waals surface area contributed by atoms with Crippen LogP contribution in [0.3, 0.4) is 0 Å². The van der Waals surface area contributed by atoms with Gasteiger partial charge in [0.15, 0.2) is 0 Å². The second-order valence-corrected chi connectivity index (χ2v) is 3.96. The molecule has 1 heterocycles. The lowest BCUT2D eigenvalue weighted by Crippen LogP contribution is -1.98. The summed E-state index contributed by atoms with van der Waals surface area (Å²) < 4.78 is 5.61. The van der Waals surface area contributed by atoms with E-state index >= 15 is 0 Å². The fourth-order valence-corrected chi connectivity index (χ4v) is 2.14. The SMILES string of the molecule is C=C1CC=CC2=C1c1ccccc1C=CO2. The van der Waals surface area contributed by atoms with Crippen molar-refractivity contribution in [1.82, 2.24) is 0 Å². The molecular weight excluding hydrogens is 196 g/mol. The highest BCUT2D eigenvalue weighted by Crippen LogP contribution is 2.36. The van der Waals surface area contributed by atoms with E-state index in [4.69, 9.17) is 4.74 Å². The number of fused-ring (bicyclic) bond motifs is 2. The zero-order valence-corrected chi connectivity index (χ0v) is 8.94. The van der Waals surface area contributed by atoms with Crippen molar-refractivity contribution in [2.75, 3.05) is 0 Å². The predicted molar refractivity (Wildman–Crippen MR) is 66.4 cm³/mol. The molecule has 0 saturated carbocycles. The molecule has 0 spiro atoms. The molecule has 0 bridgehead atoms. The Bertz CT molecular complexity index is 544. The lowest BCUT2D eigenvalue weighted by molar-refractivity contribution is 0.374. The zero-order chi connectivity index (χ0) is 11.0. The van der Waals surface area contributed by atoms with E-state index in [0.29, 0.717) is 0 Å². The second-order valence-electron chi connectivity index (χ2n) is 3.96. The number of allylic oxidation sites excluding steroid dienone is 4. The van der Waals surface area contributed by atoms with Crippen molar-refractivity contribution in [1.29, 1.82) is 0 Å². The van der Waals surface area contributed by atoms with Gasteiger partial charge in [0.1, 0.15) is 5.76 Å². The molecule has 2 aliphatic rings. The molecule has 0 radical (unpaired) electrons. The van der Waals surface area contributed by atoms with Crippen molar-refractivity contribution >= 4 is 11.6 Å². The smallest absolute Gasteiger partial charge is 0.134 e. The molecule has 1 aromatic carbocycles. The lowest BCUT2D eigenvalue weighted by atomic mass is 9.89. The summed E-state index contributed by atoms with van der Waals surface area (Å²) >= 11 is 0. The van der Waals surface area contributed by atoms with E-state index < -0.39 is 0 Å². The first-order chi connectivity index (χ1) is 7.86. The summed E-state index contributed by atoms with van der Waals surface area (Å²) in [6.07, 6.45) is 8.74. The maximum Gasteiger partial charge on any atom is 0.134 e. The zero-order valence-electron chi connectivity index (χ0n) is 8.94. The fourth-order valence-electron chi connectivity index (χ4n) is 2.14. The number of benzene rings is 1. The molecule has 1 heteroatoms. The van der Waals surface area contributed by atoms with Gasteiger partial charge in [-0.3, -0.25) is 0 Å². The van der Waals surface area contributed by atoms with Gasteiger partial charge in [-0.25, -0.2) is 0 Å². The fraction of sp³-hybridized carbons (Fsp3) is 0.0667. The Kier molecular flexibility index (Phi) is 2.03. The van der Waals surface area contributed by atoms with Crippen LogP contribution < -0.4 is 0 Å². The summed E-state index contributed by atoms with van der Waals surface area (Å²) in [6, 6.07) is 8.30. The van der Waals surface area contributed by atoms with Crippen LogP contribution in [-0.4, -0.2) is 0 Å². The molecular formula is C15H12O. The van der Waals surface area contributed by atoms with Crippen LogP contribution in [0.25, 0.3) is 11.6 Å². The number of ether oxygens (including phenoxy) is 1. The van der Waals surface area contributed by atoms with Crippen LogP contribution in [0.5, 0.6) is 0 Å². The van der Waals surface area contributed by atoms with Gasteiger partial charge in [0.2, 0.25) is 0 Å². The summed E-state index contributed by atoms with van der Waals surface area (Å²) in [5.74, 6) is 0.900. The van der Waals surface area contributed by atoms with Crippen LogP contribution in [-0.2, 0) is 4.74 Å². The second kappa shape index (κ2) is 3.53. The van der Waals surface area contributed by atoms with Crippen LogP contribution in [0.2, 0.25) is 0 Å². The normalized spacial score (nSPS) is 17.6. The van der Waals surface area contributed by atoms with Gasteiger partial charge in [-0.1, -0.05) is 36.9 Å². The maximum atomic E-state index is 5.61. The molecule has 78 valence electrons. The number of rotatable bonds is 0. The third-order valence-corrected chi connectivity index (χ3v) is 2.91. The molecule has 0 fully saturated rings. The highest BCUT2D eigenvalue weighted by molar-refractivity contribution is 5.87. The van der Waals surface area contributed by atoms with Gasteiger partial charge in [0.25, 0.3) is 0 Å². The highest BCUT2D eigenvalue weighted by Gasteiger charge is 2.18.